The van der Waals surface area contributed by atoms with E-state index in [0.717, 1.165) is 0 Å². The molecule has 0 radical (unpaired) electrons. The molecule has 1 unspecified atom stereocenters. The van der Waals surface area contributed by atoms with Crippen LogP contribution in [0, 0.1) is 0 Å². The second-order valence-corrected chi connectivity index (χ2v) is 6.39. The number of rotatable bonds is 7. The first-order chi connectivity index (χ1) is 10.9. The summed E-state index contributed by atoms with van der Waals surface area (Å²) in [5, 5.41) is 14.4. The summed E-state index contributed by atoms with van der Waals surface area (Å²) in [7, 11) is 0. The number of alkyl halides is 3. The number of nitrogens with zero attached hydrogens (tertiary/aromatic N) is 2. The molecule has 0 aliphatic rings. The molecular formula is C14H20F3N3O4. The zero-order valence-electron chi connectivity index (χ0n) is 13.6. The van der Waals surface area contributed by atoms with Gasteiger partial charge in [0.05, 0.1) is 6.42 Å². The van der Waals surface area contributed by atoms with Crippen molar-refractivity contribution in [3.63, 3.8) is 0 Å². The van der Waals surface area contributed by atoms with Gasteiger partial charge in [-0.25, -0.2) is 4.79 Å². The van der Waals surface area contributed by atoms with E-state index >= 15 is 0 Å². The van der Waals surface area contributed by atoms with Gasteiger partial charge in [-0.15, -0.1) is 0 Å². The maximum absolute atomic E-state index is 12.2. The first-order valence-electron chi connectivity index (χ1n) is 7.30. The molecule has 1 rings (SSSR count). The SMILES string of the molecule is CC(C)(C)c1noc(CCCC(=O)NC(CC(F)(F)F)C(=O)O)n1. The molecule has 0 aliphatic heterocycles. The van der Waals surface area contributed by atoms with E-state index in [9.17, 15) is 22.8 Å². The Bertz CT molecular complexity index is 579. The maximum atomic E-state index is 12.2. The monoisotopic (exact) mass is 351 g/mol. The summed E-state index contributed by atoms with van der Waals surface area (Å²) in [6.45, 7) is 5.71. The van der Waals surface area contributed by atoms with Crippen LogP contribution in [0.1, 0.15) is 51.7 Å². The molecule has 10 heteroatoms. The standard InChI is InChI=1S/C14H20F3N3O4/c1-13(2,3)12-19-10(24-20-12)6-4-5-9(21)18-8(11(22)23)7-14(15,16)17/h8H,4-7H2,1-3H3,(H,18,21)(H,22,23). The molecule has 0 saturated carbocycles. The maximum Gasteiger partial charge on any atom is 0.391 e. The zero-order chi connectivity index (χ0) is 18.5. The van der Waals surface area contributed by atoms with E-state index in [-0.39, 0.29) is 24.7 Å². The third kappa shape index (κ3) is 6.97. The lowest BCUT2D eigenvalue weighted by atomic mass is 9.96. The number of carboxylic acids is 1. The fraction of sp³-hybridized carbons (Fsp3) is 0.714. The van der Waals surface area contributed by atoms with Crippen molar-refractivity contribution in [2.45, 2.75) is 64.1 Å². The minimum Gasteiger partial charge on any atom is -0.480 e. The number of aryl methyl sites for hydroxylation is 1. The molecular weight excluding hydrogens is 331 g/mol. The van der Waals surface area contributed by atoms with Crippen molar-refractivity contribution in [1.82, 2.24) is 15.5 Å². The average molecular weight is 351 g/mol. The summed E-state index contributed by atoms with van der Waals surface area (Å²) < 4.78 is 41.8. The van der Waals surface area contributed by atoms with Crippen molar-refractivity contribution >= 4 is 11.9 Å². The van der Waals surface area contributed by atoms with Gasteiger partial charge in [-0.1, -0.05) is 25.9 Å². The lowest BCUT2D eigenvalue weighted by Crippen LogP contribution is -2.43. The Morgan fingerprint density at radius 2 is 1.92 bits per heavy atom. The fourth-order valence-corrected chi connectivity index (χ4v) is 1.76. The number of carbonyl (C=O) groups is 2. The molecule has 0 bridgehead atoms. The Morgan fingerprint density at radius 1 is 1.29 bits per heavy atom. The number of carboxylic acid groups (broad SMARTS) is 1. The van der Waals surface area contributed by atoms with Gasteiger partial charge in [0.25, 0.3) is 0 Å². The zero-order valence-corrected chi connectivity index (χ0v) is 13.6. The van der Waals surface area contributed by atoms with E-state index in [1.807, 2.05) is 26.1 Å². The highest BCUT2D eigenvalue weighted by Crippen LogP contribution is 2.22. The van der Waals surface area contributed by atoms with Crippen LogP contribution in [0.15, 0.2) is 4.52 Å². The number of carbonyl (C=O) groups excluding carboxylic acids is 1. The van der Waals surface area contributed by atoms with Crippen LogP contribution >= 0.6 is 0 Å². The van der Waals surface area contributed by atoms with Crippen LogP contribution < -0.4 is 5.32 Å². The summed E-state index contributed by atoms with van der Waals surface area (Å²) in [4.78, 5) is 26.5. The van der Waals surface area contributed by atoms with E-state index in [0.29, 0.717) is 11.7 Å². The van der Waals surface area contributed by atoms with Gasteiger partial charge in [0, 0.05) is 18.3 Å². The quantitative estimate of drug-likeness (QED) is 0.780. The molecule has 1 aromatic rings. The minimum absolute atomic E-state index is 0.144. The molecule has 0 aliphatic carbocycles. The number of amides is 1. The number of nitrogens with one attached hydrogen (secondary N) is 1. The summed E-state index contributed by atoms with van der Waals surface area (Å²) in [6, 6.07) is -1.99. The number of hydrogen-bond acceptors (Lipinski definition) is 5. The van der Waals surface area contributed by atoms with E-state index < -0.39 is 30.5 Å². The van der Waals surface area contributed by atoms with Crippen molar-refractivity contribution < 1.29 is 32.4 Å². The van der Waals surface area contributed by atoms with Gasteiger partial charge in [-0.05, 0) is 6.42 Å². The summed E-state index contributed by atoms with van der Waals surface area (Å²) in [5.74, 6) is -1.68. The molecule has 136 valence electrons. The number of aliphatic carboxylic acids is 1. The van der Waals surface area contributed by atoms with Crippen LogP contribution in [-0.2, 0) is 21.4 Å². The topological polar surface area (TPSA) is 105 Å². The average Bonchev–Trinajstić information content (AvgIpc) is 2.85. The van der Waals surface area contributed by atoms with Crippen LogP contribution in [0.3, 0.4) is 0 Å². The second kappa shape index (κ2) is 7.63. The Hall–Kier alpha value is -2.13. The van der Waals surface area contributed by atoms with Gasteiger partial charge in [-0.2, -0.15) is 18.2 Å². The Balaban J connectivity index is 2.45. The Kier molecular flexibility index (Phi) is 6.33. The number of aromatic nitrogens is 2. The van der Waals surface area contributed by atoms with Gasteiger partial charge < -0.3 is 14.9 Å². The molecule has 1 aromatic heterocycles. The van der Waals surface area contributed by atoms with E-state index in [1.165, 1.54) is 0 Å². The highest BCUT2D eigenvalue weighted by molar-refractivity contribution is 5.83. The molecule has 0 saturated heterocycles. The van der Waals surface area contributed by atoms with Crippen molar-refractivity contribution in [2.24, 2.45) is 0 Å². The third-order valence-corrected chi connectivity index (χ3v) is 3.00. The van der Waals surface area contributed by atoms with Crippen LogP contribution in [0.5, 0.6) is 0 Å². The van der Waals surface area contributed by atoms with Crippen molar-refractivity contribution in [3.05, 3.63) is 11.7 Å². The molecule has 0 spiro atoms. The van der Waals surface area contributed by atoms with Crippen molar-refractivity contribution in [3.8, 4) is 0 Å². The van der Waals surface area contributed by atoms with Crippen LogP contribution in [-0.4, -0.2) is 39.3 Å². The van der Waals surface area contributed by atoms with Gasteiger partial charge in [-0.3, -0.25) is 4.79 Å². The largest absolute Gasteiger partial charge is 0.480 e. The highest BCUT2D eigenvalue weighted by Gasteiger charge is 2.36. The minimum atomic E-state index is -4.68. The van der Waals surface area contributed by atoms with E-state index in [2.05, 4.69) is 10.1 Å². The van der Waals surface area contributed by atoms with E-state index in [1.54, 1.807) is 0 Å². The van der Waals surface area contributed by atoms with Crippen LogP contribution in [0.25, 0.3) is 0 Å². The fourth-order valence-electron chi connectivity index (χ4n) is 1.76. The molecule has 24 heavy (non-hydrogen) atoms. The van der Waals surface area contributed by atoms with Crippen molar-refractivity contribution in [2.75, 3.05) is 0 Å². The van der Waals surface area contributed by atoms with E-state index in [4.69, 9.17) is 9.63 Å². The highest BCUT2D eigenvalue weighted by atomic mass is 19.4. The lowest BCUT2D eigenvalue weighted by molar-refractivity contribution is -0.160. The van der Waals surface area contributed by atoms with Crippen LogP contribution in [0.2, 0.25) is 0 Å². The Labute approximate surface area is 136 Å². The van der Waals surface area contributed by atoms with Crippen molar-refractivity contribution in [1.29, 1.82) is 0 Å². The molecule has 1 heterocycles. The van der Waals surface area contributed by atoms with Gasteiger partial charge in [0.2, 0.25) is 11.8 Å². The third-order valence-electron chi connectivity index (χ3n) is 3.00. The summed E-state index contributed by atoms with van der Waals surface area (Å²) in [6.07, 6.45) is -5.92. The van der Waals surface area contributed by atoms with Gasteiger partial charge >= 0.3 is 12.1 Å². The first-order valence-corrected chi connectivity index (χ1v) is 7.30. The lowest BCUT2D eigenvalue weighted by Gasteiger charge is -2.16. The molecule has 1 atom stereocenters. The number of hydrogen-bond donors (Lipinski definition) is 2. The van der Waals surface area contributed by atoms with Crippen LogP contribution in [0.4, 0.5) is 13.2 Å². The molecule has 2 N–H and O–H groups in total. The molecule has 7 nitrogen and oxygen atoms in total. The first kappa shape index (κ1) is 19.9. The predicted octanol–water partition coefficient (Wildman–Crippen LogP) is 2.21. The second-order valence-electron chi connectivity index (χ2n) is 6.39. The normalized spacial score (nSPS) is 13.6. The molecule has 1 amide bonds. The summed E-state index contributed by atoms with van der Waals surface area (Å²) >= 11 is 0. The molecule has 0 fully saturated rings. The van der Waals surface area contributed by atoms with Gasteiger partial charge in [0.15, 0.2) is 5.82 Å². The summed E-state index contributed by atoms with van der Waals surface area (Å²) in [5.41, 5.74) is -0.286. The predicted molar refractivity (Wildman–Crippen MR) is 76.2 cm³/mol. The molecule has 0 aromatic carbocycles. The smallest absolute Gasteiger partial charge is 0.391 e. The van der Waals surface area contributed by atoms with Gasteiger partial charge in [0.1, 0.15) is 6.04 Å². The Morgan fingerprint density at radius 3 is 2.38 bits per heavy atom. The number of halogens is 3.